The fourth-order valence-corrected chi connectivity index (χ4v) is 2.25. The molecule has 1 aliphatic rings. The van der Waals surface area contributed by atoms with Crippen molar-refractivity contribution in [3.05, 3.63) is 23.2 Å². The molecule has 19 heavy (non-hydrogen) atoms. The van der Waals surface area contributed by atoms with Crippen molar-refractivity contribution in [3.63, 3.8) is 0 Å². The lowest BCUT2D eigenvalue weighted by molar-refractivity contribution is -0.133. The van der Waals surface area contributed by atoms with Gasteiger partial charge in [-0.15, -0.1) is 0 Å². The minimum Gasteiger partial charge on any atom is -0.497 e. The first-order chi connectivity index (χ1) is 8.95. The number of piperazine rings is 1. The number of benzene rings is 1. The van der Waals surface area contributed by atoms with Crippen LogP contribution in [-0.2, 0) is 9.59 Å². The molecule has 1 aliphatic heterocycles. The molecule has 0 bridgehead atoms. The average Bonchev–Trinajstić information content (AvgIpc) is 2.39. The van der Waals surface area contributed by atoms with E-state index >= 15 is 0 Å². The van der Waals surface area contributed by atoms with Crippen molar-refractivity contribution < 1.29 is 14.3 Å². The zero-order valence-electron chi connectivity index (χ0n) is 10.9. The van der Waals surface area contributed by atoms with E-state index in [0.29, 0.717) is 16.5 Å². The van der Waals surface area contributed by atoms with Crippen LogP contribution in [0.3, 0.4) is 0 Å². The number of hydrogen-bond donors (Lipinski definition) is 1. The molecule has 1 aromatic rings. The molecule has 1 N–H and O–H groups in total. The smallest absolute Gasteiger partial charge is 0.250 e. The summed E-state index contributed by atoms with van der Waals surface area (Å²) in [6, 6.07) is 3.84. The van der Waals surface area contributed by atoms with Crippen molar-refractivity contribution in [2.75, 3.05) is 12.0 Å². The van der Waals surface area contributed by atoms with Gasteiger partial charge in [0, 0.05) is 6.07 Å². The highest BCUT2D eigenvalue weighted by Crippen LogP contribution is 2.32. The predicted octanol–water partition coefficient (Wildman–Crippen LogP) is 1.59. The van der Waals surface area contributed by atoms with Gasteiger partial charge in [0.15, 0.2) is 0 Å². The zero-order valence-corrected chi connectivity index (χ0v) is 11.7. The van der Waals surface area contributed by atoms with Crippen LogP contribution in [-0.4, -0.2) is 31.0 Å². The molecule has 2 atom stereocenters. The van der Waals surface area contributed by atoms with Gasteiger partial charge in [0.2, 0.25) is 11.8 Å². The number of nitrogens with one attached hydrogen (secondary N) is 1. The number of anilines is 1. The SMILES string of the molecule is COc1ccc(Cl)c(N2C(=O)C(C)NC(=O)C2C)c1. The number of ether oxygens (including phenoxy) is 1. The topological polar surface area (TPSA) is 58.6 Å². The molecular formula is C13H15ClN2O3. The lowest BCUT2D eigenvalue weighted by Gasteiger charge is -2.36. The molecule has 2 unspecified atom stereocenters. The van der Waals surface area contributed by atoms with Gasteiger partial charge in [-0.1, -0.05) is 11.6 Å². The van der Waals surface area contributed by atoms with Crippen LogP contribution in [0, 0.1) is 0 Å². The summed E-state index contributed by atoms with van der Waals surface area (Å²) in [4.78, 5) is 25.5. The number of rotatable bonds is 2. The maximum Gasteiger partial charge on any atom is 0.250 e. The largest absolute Gasteiger partial charge is 0.497 e. The number of nitrogens with zero attached hydrogens (tertiary/aromatic N) is 1. The van der Waals surface area contributed by atoms with Crippen molar-refractivity contribution in [3.8, 4) is 5.75 Å². The van der Waals surface area contributed by atoms with Crippen molar-refractivity contribution in [2.24, 2.45) is 0 Å². The normalized spacial score (nSPS) is 23.3. The van der Waals surface area contributed by atoms with Crippen molar-refractivity contribution in [1.82, 2.24) is 5.32 Å². The Labute approximate surface area is 116 Å². The summed E-state index contributed by atoms with van der Waals surface area (Å²) < 4.78 is 5.13. The molecule has 0 aliphatic carbocycles. The molecule has 0 saturated carbocycles. The number of carbonyl (C=O) groups is 2. The number of halogens is 1. The molecule has 0 radical (unpaired) electrons. The lowest BCUT2D eigenvalue weighted by Crippen LogP contribution is -2.61. The summed E-state index contributed by atoms with van der Waals surface area (Å²) in [5, 5.41) is 3.03. The molecule has 5 nitrogen and oxygen atoms in total. The molecule has 2 rings (SSSR count). The molecular weight excluding hydrogens is 268 g/mol. The summed E-state index contributed by atoms with van der Waals surface area (Å²) in [5.74, 6) is 0.186. The minimum absolute atomic E-state index is 0.192. The summed E-state index contributed by atoms with van der Waals surface area (Å²) >= 11 is 6.13. The number of methoxy groups -OCH3 is 1. The summed E-state index contributed by atoms with van der Waals surface area (Å²) in [6.07, 6.45) is 0. The monoisotopic (exact) mass is 282 g/mol. The average molecular weight is 283 g/mol. The molecule has 1 fully saturated rings. The molecule has 0 spiro atoms. The maximum atomic E-state index is 12.2. The fourth-order valence-electron chi connectivity index (χ4n) is 2.04. The minimum atomic E-state index is -0.603. The second kappa shape index (κ2) is 5.09. The summed E-state index contributed by atoms with van der Waals surface area (Å²) in [6.45, 7) is 3.31. The standard InChI is InChI=1S/C13H15ClN2O3/c1-7-13(18)16(8(2)12(17)15-7)11-6-9(19-3)4-5-10(11)14/h4-8H,1-3H3,(H,15,17). The van der Waals surface area contributed by atoms with Crippen LogP contribution in [0.2, 0.25) is 5.02 Å². The Kier molecular flexibility index (Phi) is 3.66. The molecule has 102 valence electrons. The third kappa shape index (κ3) is 2.38. The van der Waals surface area contributed by atoms with Gasteiger partial charge < -0.3 is 10.1 Å². The number of carbonyl (C=O) groups excluding carboxylic acids is 2. The van der Waals surface area contributed by atoms with Gasteiger partial charge in [0.05, 0.1) is 17.8 Å². The van der Waals surface area contributed by atoms with Crippen molar-refractivity contribution >= 4 is 29.1 Å². The second-order valence-corrected chi connectivity index (χ2v) is 4.84. The third-order valence-corrected chi connectivity index (χ3v) is 3.47. The highest BCUT2D eigenvalue weighted by molar-refractivity contribution is 6.34. The van der Waals surface area contributed by atoms with E-state index in [2.05, 4.69) is 5.32 Å². The van der Waals surface area contributed by atoms with Crippen LogP contribution < -0.4 is 15.0 Å². The number of amides is 2. The maximum absolute atomic E-state index is 12.2. The molecule has 1 aromatic carbocycles. The Morgan fingerprint density at radius 2 is 2.00 bits per heavy atom. The van der Waals surface area contributed by atoms with E-state index in [1.54, 1.807) is 32.0 Å². The van der Waals surface area contributed by atoms with Gasteiger partial charge in [-0.05, 0) is 26.0 Å². The van der Waals surface area contributed by atoms with E-state index in [1.165, 1.54) is 12.0 Å². The van der Waals surface area contributed by atoms with E-state index in [0.717, 1.165) is 0 Å². The van der Waals surface area contributed by atoms with Crippen LogP contribution in [0.15, 0.2) is 18.2 Å². The van der Waals surface area contributed by atoms with Crippen molar-refractivity contribution in [2.45, 2.75) is 25.9 Å². The molecule has 2 amide bonds. The van der Waals surface area contributed by atoms with Gasteiger partial charge >= 0.3 is 0 Å². The highest BCUT2D eigenvalue weighted by atomic mass is 35.5. The first-order valence-electron chi connectivity index (χ1n) is 5.92. The van der Waals surface area contributed by atoms with E-state index in [9.17, 15) is 9.59 Å². The molecule has 6 heteroatoms. The first-order valence-corrected chi connectivity index (χ1v) is 6.30. The number of hydrogen-bond acceptors (Lipinski definition) is 3. The molecule has 1 saturated heterocycles. The Bertz CT molecular complexity index is 533. The van der Waals surface area contributed by atoms with Crippen LogP contribution in [0.25, 0.3) is 0 Å². The van der Waals surface area contributed by atoms with Gasteiger partial charge in [-0.3, -0.25) is 14.5 Å². The zero-order chi connectivity index (χ0) is 14.2. The van der Waals surface area contributed by atoms with E-state index in [4.69, 9.17) is 16.3 Å². The van der Waals surface area contributed by atoms with Crippen LogP contribution in [0.1, 0.15) is 13.8 Å². The van der Waals surface area contributed by atoms with E-state index < -0.39 is 12.1 Å². The molecule has 1 heterocycles. The Balaban J connectivity index is 2.48. The van der Waals surface area contributed by atoms with Crippen LogP contribution in [0.5, 0.6) is 5.75 Å². The first kappa shape index (κ1) is 13.7. The lowest BCUT2D eigenvalue weighted by atomic mass is 10.1. The van der Waals surface area contributed by atoms with E-state index in [1.807, 2.05) is 0 Å². The second-order valence-electron chi connectivity index (χ2n) is 4.43. The summed E-state index contributed by atoms with van der Waals surface area (Å²) in [7, 11) is 1.53. The van der Waals surface area contributed by atoms with Gasteiger partial charge in [-0.2, -0.15) is 0 Å². The van der Waals surface area contributed by atoms with Gasteiger partial charge in [0.1, 0.15) is 17.8 Å². The third-order valence-electron chi connectivity index (χ3n) is 3.15. The Hall–Kier alpha value is -1.75. The van der Waals surface area contributed by atoms with E-state index in [-0.39, 0.29) is 11.8 Å². The molecule has 0 aromatic heterocycles. The Morgan fingerprint density at radius 1 is 1.32 bits per heavy atom. The quantitative estimate of drug-likeness (QED) is 0.896. The fraction of sp³-hybridized carbons (Fsp3) is 0.385. The van der Waals surface area contributed by atoms with Crippen LogP contribution >= 0.6 is 11.6 Å². The summed E-state index contributed by atoms with van der Waals surface area (Å²) in [5.41, 5.74) is 0.486. The van der Waals surface area contributed by atoms with Gasteiger partial charge in [0.25, 0.3) is 0 Å². The predicted molar refractivity (Wildman–Crippen MR) is 72.6 cm³/mol. The van der Waals surface area contributed by atoms with Crippen molar-refractivity contribution in [1.29, 1.82) is 0 Å². The van der Waals surface area contributed by atoms with Gasteiger partial charge in [-0.25, -0.2) is 0 Å². The Morgan fingerprint density at radius 3 is 2.63 bits per heavy atom. The van der Waals surface area contributed by atoms with Crippen LogP contribution in [0.4, 0.5) is 5.69 Å². The highest BCUT2D eigenvalue weighted by Gasteiger charge is 2.37.